The lowest BCUT2D eigenvalue weighted by Gasteiger charge is -2.35. The second kappa shape index (κ2) is 6.78. The number of piperidine rings is 1. The van der Waals surface area contributed by atoms with Crippen LogP contribution in [0, 0.1) is 5.92 Å². The molecule has 4 heteroatoms. The summed E-state index contributed by atoms with van der Waals surface area (Å²) in [5.41, 5.74) is 2.47. The molecular formula is C14H19BrClNO. The Bertz CT molecular complexity index is 397. The van der Waals surface area contributed by atoms with E-state index in [0.717, 1.165) is 24.2 Å². The van der Waals surface area contributed by atoms with Gasteiger partial charge in [0.05, 0.1) is 6.61 Å². The van der Waals surface area contributed by atoms with Gasteiger partial charge < -0.3 is 9.64 Å². The zero-order valence-electron chi connectivity index (χ0n) is 10.7. The molecule has 1 aliphatic rings. The minimum absolute atomic E-state index is 0.564. The standard InChI is InChI=1S/C14H19BrClNO/c1-18-10-11-3-2-6-17(9-11)14-7-13(15)5-4-12(14)8-16/h4-5,7,11H,2-3,6,8-10H2,1H3. The molecule has 2 nitrogen and oxygen atoms in total. The van der Waals surface area contributed by atoms with Crippen LogP contribution in [0.15, 0.2) is 22.7 Å². The van der Waals surface area contributed by atoms with Crippen molar-refractivity contribution in [2.24, 2.45) is 5.92 Å². The van der Waals surface area contributed by atoms with Crippen molar-refractivity contribution in [3.63, 3.8) is 0 Å². The molecule has 0 bridgehead atoms. The Kier molecular flexibility index (Phi) is 5.34. The summed E-state index contributed by atoms with van der Waals surface area (Å²) in [5.74, 6) is 1.19. The van der Waals surface area contributed by atoms with E-state index >= 15 is 0 Å². The Labute approximate surface area is 122 Å². The van der Waals surface area contributed by atoms with Crippen LogP contribution in [0.25, 0.3) is 0 Å². The van der Waals surface area contributed by atoms with Crippen LogP contribution in [0.4, 0.5) is 5.69 Å². The molecule has 0 saturated carbocycles. The number of ether oxygens (including phenoxy) is 1. The van der Waals surface area contributed by atoms with Crippen molar-refractivity contribution in [1.29, 1.82) is 0 Å². The zero-order valence-corrected chi connectivity index (χ0v) is 13.0. The Morgan fingerprint density at radius 1 is 1.50 bits per heavy atom. The highest BCUT2D eigenvalue weighted by molar-refractivity contribution is 9.10. The zero-order chi connectivity index (χ0) is 13.0. The quantitative estimate of drug-likeness (QED) is 0.771. The molecule has 1 saturated heterocycles. The van der Waals surface area contributed by atoms with Crippen molar-refractivity contribution in [3.8, 4) is 0 Å². The predicted molar refractivity (Wildman–Crippen MR) is 80.5 cm³/mol. The Morgan fingerprint density at radius 3 is 3.06 bits per heavy atom. The molecule has 1 unspecified atom stereocenters. The van der Waals surface area contributed by atoms with Crippen molar-refractivity contribution in [3.05, 3.63) is 28.2 Å². The van der Waals surface area contributed by atoms with E-state index in [1.165, 1.54) is 24.1 Å². The number of alkyl halides is 1. The maximum absolute atomic E-state index is 6.03. The largest absolute Gasteiger partial charge is 0.384 e. The van der Waals surface area contributed by atoms with Crippen LogP contribution in [0.3, 0.4) is 0 Å². The molecule has 1 aromatic rings. The summed E-state index contributed by atoms with van der Waals surface area (Å²) in [6.07, 6.45) is 2.48. The topological polar surface area (TPSA) is 12.5 Å². The monoisotopic (exact) mass is 331 g/mol. The number of anilines is 1. The Balaban J connectivity index is 2.17. The second-order valence-corrected chi connectivity index (χ2v) is 6.00. The van der Waals surface area contributed by atoms with Crippen molar-refractivity contribution < 1.29 is 4.74 Å². The molecular weight excluding hydrogens is 314 g/mol. The number of methoxy groups -OCH3 is 1. The van der Waals surface area contributed by atoms with Gasteiger partial charge in [-0.25, -0.2) is 0 Å². The fraction of sp³-hybridized carbons (Fsp3) is 0.571. The number of hydrogen-bond acceptors (Lipinski definition) is 2. The van der Waals surface area contributed by atoms with E-state index in [4.69, 9.17) is 16.3 Å². The van der Waals surface area contributed by atoms with Gasteiger partial charge in [-0.2, -0.15) is 0 Å². The fourth-order valence-corrected chi connectivity index (χ4v) is 3.17. The molecule has 0 radical (unpaired) electrons. The Hall–Kier alpha value is -0.250. The smallest absolute Gasteiger partial charge is 0.0507 e. The van der Waals surface area contributed by atoms with Crippen LogP contribution in [0.5, 0.6) is 0 Å². The van der Waals surface area contributed by atoms with Crippen molar-refractivity contribution in [1.82, 2.24) is 0 Å². The fourth-order valence-electron chi connectivity index (χ4n) is 2.60. The molecule has 0 aromatic heterocycles. The summed E-state index contributed by atoms with van der Waals surface area (Å²) in [6, 6.07) is 6.33. The van der Waals surface area contributed by atoms with Crippen LogP contribution in [-0.4, -0.2) is 26.8 Å². The molecule has 1 atom stereocenters. The van der Waals surface area contributed by atoms with Gasteiger partial charge in [0.15, 0.2) is 0 Å². The van der Waals surface area contributed by atoms with E-state index < -0.39 is 0 Å². The third-order valence-corrected chi connectivity index (χ3v) is 4.23. The summed E-state index contributed by atoms with van der Waals surface area (Å²) in [5, 5.41) is 0. The molecule has 1 aliphatic heterocycles. The average Bonchev–Trinajstić information content (AvgIpc) is 2.39. The van der Waals surface area contributed by atoms with Crippen molar-refractivity contribution >= 4 is 33.2 Å². The van der Waals surface area contributed by atoms with Crippen LogP contribution in [0.2, 0.25) is 0 Å². The lowest BCUT2D eigenvalue weighted by molar-refractivity contribution is 0.143. The van der Waals surface area contributed by atoms with E-state index in [2.05, 4.69) is 39.0 Å². The number of halogens is 2. The maximum atomic E-state index is 6.03. The highest BCUT2D eigenvalue weighted by atomic mass is 79.9. The lowest BCUT2D eigenvalue weighted by Crippen LogP contribution is -2.37. The van der Waals surface area contributed by atoms with Gasteiger partial charge in [0.2, 0.25) is 0 Å². The van der Waals surface area contributed by atoms with E-state index in [-0.39, 0.29) is 0 Å². The molecule has 0 spiro atoms. The summed E-state index contributed by atoms with van der Waals surface area (Å²) in [4.78, 5) is 2.44. The van der Waals surface area contributed by atoms with Gasteiger partial charge in [-0.15, -0.1) is 11.6 Å². The van der Waals surface area contributed by atoms with Crippen LogP contribution >= 0.6 is 27.5 Å². The first-order valence-electron chi connectivity index (χ1n) is 6.33. The van der Waals surface area contributed by atoms with E-state index in [0.29, 0.717) is 11.8 Å². The summed E-state index contributed by atoms with van der Waals surface area (Å²) in [7, 11) is 1.78. The second-order valence-electron chi connectivity index (χ2n) is 4.82. The summed E-state index contributed by atoms with van der Waals surface area (Å²) in [6.45, 7) is 3.02. The van der Waals surface area contributed by atoms with Gasteiger partial charge in [-0.3, -0.25) is 0 Å². The summed E-state index contributed by atoms with van der Waals surface area (Å²) >= 11 is 9.58. The van der Waals surface area contributed by atoms with Crippen molar-refractivity contribution in [2.45, 2.75) is 18.7 Å². The molecule has 1 heterocycles. The van der Waals surface area contributed by atoms with Gasteiger partial charge in [0.25, 0.3) is 0 Å². The number of rotatable bonds is 4. The van der Waals surface area contributed by atoms with Gasteiger partial charge >= 0.3 is 0 Å². The first-order valence-corrected chi connectivity index (χ1v) is 7.65. The molecule has 100 valence electrons. The molecule has 18 heavy (non-hydrogen) atoms. The van der Waals surface area contributed by atoms with Crippen molar-refractivity contribution in [2.75, 3.05) is 31.7 Å². The average molecular weight is 333 g/mol. The molecule has 0 aliphatic carbocycles. The lowest BCUT2D eigenvalue weighted by atomic mass is 9.98. The van der Waals surface area contributed by atoms with E-state index in [1.807, 2.05) is 0 Å². The summed E-state index contributed by atoms with van der Waals surface area (Å²) < 4.78 is 6.40. The van der Waals surface area contributed by atoms with Crippen LogP contribution < -0.4 is 4.90 Å². The molecule has 0 amide bonds. The molecule has 2 rings (SSSR count). The van der Waals surface area contributed by atoms with Gasteiger partial charge in [0, 0.05) is 36.2 Å². The SMILES string of the molecule is COCC1CCCN(c2cc(Br)ccc2CCl)C1. The third-order valence-electron chi connectivity index (χ3n) is 3.45. The minimum atomic E-state index is 0.564. The highest BCUT2D eigenvalue weighted by Gasteiger charge is 2.21. The first-order chi connectivity index (χ1) is 8.74. The van der Waals surface area contributed by atoms with Gasteiger partial charge in [-0.1, -0.05) is 22.0 Å². The number of benzene rings is 1. The highest BCUT2D eigenvalue weighted by Crippen LogP contribution is 2.30. The Morgan fingerprint density at radius 2 is 2.33 bits per heavy atom. The minimum Gasteiger partial charge on any atom is -0.384 e. The maximum Gasteiger partial charge on any atom is 0.0507 e. The van der Waals surface area contributed by atoms with Crippen LogP contribution in [-0.2, 0) is 10.6 Å². The predicted octanol–water partition coefficient (Wildman–Crippen LogP) is 4.05. The van der Waals surface area contributed by atoms with E-state index in [9.17, 15) is 0 Å². The molecule has 1 aromatic carbocycles. The number of hydrogen-bond donors (Lipinski definition) is 0. The first kappa shape index (κ1) is 14.2. The molecule has 1 fully saturated rings. The van der Waals surface area contributed by atoms with E-state index in [1.54, 1.807) is 7.11 Å². The molecule has 0 N–H and O–H groups in total. The van der Waals surface area contributed by atoms with Gasteiger partial charge in [-0.05, 0) is 36.5 Å². The number of nitrogens with zero attached hydrogens (tertiary/aromatic N) is 1. The van der Waals surface area contributed by atoms with Crippen LogP contribution in [0.1, 0.15) is 18.4 Å². The van der Waals surface area contributed by atoms with Gasteiger partial charge in [0.1, 0.15) is 0 Å². The normalized spacial score (nSPS) is 20.2. The third kappa shape index (κ3) is 3.40.